The SMILES string of the molecule is Cc1ccc2oc(=O)n(CN3CC[C@]4(O)CCCC[C@H]4C3)c2c1. The summed E-state index contributed by atoms with van der Waals surface area (Å²) in [5, 5.41) is 10.8. The zero-order valence-corrected chi connectivity index (χ0v) is 13.6. The Labute approximate surface area is 135 Å². The van der Waals surface area contributed by atoms with Crippen LogP contribution in [0, 0.1) is 12.8 Å². The maximum Gasteiger partial charge on any atom is 0.421 e. The number of oxazole rings is 1. The van der Waals surface area contributed by atoms with Gasteiger partial charge in [-0.3, -0.25) is 9.47 Å². The number of rotatable bonds is 2. The normalized spacial score (nSPS) is 28.9. The molecule has 0 amide bonds. The Balaban J connectivity index is 1.58. The van der Waals surface area contributed by atoms with Gasteiger partial charge in [-0.2, -0.15) is 0 Å². The Morgan fingerprint density at radius 2 is 2.22 bits per heavy atom. The maximum atomic E-state index is 12.2. The van der Waals surface area contributed by atoms with Crippen molar-refractivity contribution in [1.82, 2.24) is 9.47 Å². The standard InChI is InChI=1S/C18H24N2O3/c1-13-5-6-16-15(10-13)20(17(21)23-16)12-19-9-8-18(22)7-3-2-4-14(18)11-19/h5-6,10,14,22H,2-4,7-9,11-12H2,1H3/t14-,18+/m0/s1. The molecule has 4 rings (SSSR count). The minimum atomic E-state index is -0.477. The van der Waals surface area contributed by atoms with Crippen molar-refractivity contribution >= 4 is 11.1 Å². The summed E-state index contributed by atoms with van der Waals surface area (Å²) >= 11 is 0. The Kier molecular flexibility index (Phi) is 3.58. The second-order valence-corrected chi connectivity index (χ2v) is 7.28. The summed E-state index contributed by atoms with van der Waals surface area (Å²) < 4.78 is 7.07. The van der Waals surface area contributed by atoms with Crippen LogP contribution in [0.25, 0.3) is 11.1 Å². The Bertz CT molecular complexity index is 778. The highest BCUT2D eigenvalue weighted by atomic mass is 16.4. The minimum Gasteiger partial charge on any atom is -0.408 e. The molecule has 2 atom stereocenters. The zero-order chi connectivity index (χ0) is 16.0. The number of benzene rings is 1. The van der Waals surface area contributed by atoms with Gasteiger partial charge in [-0.15, -0.1) is 0 Å². The number of fused-ring (bicyclic) bond motifs is 2. The van der Waals surface area contributed by atoms with Crippen LogP contribution in [0.2, 0.25) is 0 Å². The van der Waals surface area contributed by atoms with Crippen LogP contribution in [-0.2, 0) is 6.67 Å². The largest absolute Gasteiger partial charge is 0.421 e. The van der Waals surface area contributed by atoms with E-state index in [4.69, 9.17) is 4.42 Å². The molecular formula is C18H24N2O3. The smallest absolute Gasteiger partial charge is 0.408 e. The predicted molar refractivity (Wildman–Crippen MR) is 88.3 cm³/mol. The molecule has 1 N–H and O–H groups in total. The summed E-state index contributed by atoms with van der Waals surface area (Å²) in [4.78, 5) is 14.5. The van der Waals surface area contributed by atoms with E-state index in [1.807, 2.05) is 25.1 Å². The van der Waals surface area contributed by atoms with Gasteiger partial charge in [0.2, 0.25) is 0 Å². The molecule has 5 nitrogen and oxygen atoms in total. The third-order valence-corrected chi connectivity index (χ3v) is 5.68. The molecule has 2 aromatic rings. The van der Waals surface area contributed by atoms with Crippen molar-refractivity contribution < 1.29 is 9.52 Å². The van der Waals surface area contributed by atoms with E-state index >= 15 is 0 Å². The Morgan fingerprint density at radius 1 is 1.35 bits per heavy atom. The van der Waals surface area contributed by atoms with Crippen LogP contribution in [0.3, 0.4) is 0 Å². The summed E-state index contributed by atoms with van der Waals surface area (Å²) in [7, 11) is 0. The van der Waals surface area contributed by atoms with Crippen molar-refractivity contribution in [3.8, 4) is 0 Å². The molecule has 1 aliphatic heterocycles. The van der Waals surface area contributed by atoms with Crippen molar-refractivity contribution in [3.63, 3.8) is 0 Å². The van der Waals surface area contributed by atoms with Gasteiger partial charge in [0.05, 0.1) is 17.8 Å². The highest BCUT2D eigenvalue weighted by molar-refractivity contribution is 5.73. The lowest BCUT2D eigenvalue weighted by molar-refractivity contribution is -0.100. The maximum absolute atomic E-state index is 12.2. The summed E-state index contributed by atoms with van der Waals surface area (Å²) in [5.41, 5.74) is 2.15. The fourth-order valence-corrected chi connectivity index (χ4v) is 4.27. The molecule has 124 valence electrons. The summed E-state index contributed by atoms with van der Waals surface area (Å²) in [6.45, 7) is 4.26. The highest BCUT2D eigenvalue weighted by Crippen LogP contribution is 2.39. The number of nitrogens with zero attached hydrogens (tertiary/aromatic N) is 2. The van der Waals surface area contributed by atoms with Crippen molar-refractivity contribution in [2.45, 2.75) is 51.3 Å². The minimum absolute atomic E-state index is 0.296. The topological polar surface area (TPSA) is 58.6 Å². The Hall–Kier alpha value is -1.59. The quantitative estimate of drug-likeness (QED) is 0.925. The van der Waals surface area contributed by atoms with Gasteiger partial charge < -0.3 is 9.52 Å². The molecule has 0 unspecified atom stereocenters. The van der Waals surface area contributed by atoms with E-state index in [2.05, 4.69) is 4.90 Å². The molecule has 2 fully saturated rings. The second-order valence-electron chi connectivity index (χ2n) is 7.28. The first kappa shape index (κ1) is 15.0. The zero-order valence-electron chi connectivity index (χ0n) is 13.6. The van der Waals surface area contributed by atoms with Gasteiger partial charge in [-0.25, -0.2) is 4.79 Å². The van der Waals surface area contributed by atoms with E-state index < -0.39 is 5.60 Å². The molecule has 2 aliphatic rings. The van der Waals surface area contributed by atoms with Crippen molar-refractivity contribution in [3.05, 3.63) is 34.3 Å². The molecule has 1 aromatic carbocycles. The van der Waals surface area contributed by atoms with Crippen LogP contribution in [-0.4, -0.2) is 33.3 Å². The molecule has 23 heavy (non-hydrogen) atoms. The average molecular weight is 316 g/mol. The fourth-order valence-electron chi connectivity index (χ4n) is 4.27. The van der Waals surface area contributed by atoms with Crippen molar-refractivity contribution in [2.24, 2.45) is 5.92 Å². The first-order valence-electron chi connectivity index (χ1n) is 8.60. The lowest BCUT2D eigenvalue weighted by atomic mass is 9.71. The van der Waals surface area contributed by atoms with Crippen LogP contribution >= 0.6 is 0 Å². The van der Waals surface area contributed by atoms with Gasteiger partial charge in [-0.1, -0.05) is 18.9 Å². The number of aromatic nitrogens is 1. The molecule has 1 saturated heterocycles. The monoisotopic (exact) mass is 316 g/mol. The highest BCUT2D eigenvalue weighted by Gasteiger charge is 2.42. The van der Waals surface area contributed by atoms with E-state index in [0.717, 1.165) is 49.9 Å². The lowest BCUT2D eigenvalue weighted by Crippen LogP contribution is -2.53. The summed E-state index contributed by atoms with van der Waals surface area (Å²) in [5.74, 6) is 0.0377. The molecule has 1 aromatic heterocycles. The van der Waals surface area contributed by atoms with E-state index in [-0.39, 0.29) is 5.76 Å². The molecule has 5 heteroatoms. The number of aryl methyl sites for hydroxylation is 1. The number of piperidine rings is 1. The van der Waals surface area contributed by atoms with Gasteiger partial charge in [0.25, 0.3) is 0 Å². The van der Waals surface area contributed by atoms with E-state index in [9.17, 15) is 9.90 Å². The summed E-state index contributed by atoms with van der Waals surface area (Å²) in [6, 6.07) is 5.82. The van der Waals surface area contributed by atoms with Crippen LogP contribution in [0.5, 0.6) is 0 Å². The third-order valence-electron chi connectivity index (χ3n) is 5.68. The van der Waals surface area contributed by atoms with Crippen molar-refractivity contribution in [2.75, 3.05) is 13.1 Å². The van der Waals surface area contributed by atoms with Crippen LogP contribution in [0.4, 0.5) is 0 Å². The van der Waals surface area contributed by atoms with Crippen LogP contribution < -0.4 is 5.76 Å². The van der Waals surface area contributed by atoms with Gasteiger partial charge in [0.1, 0.15) is 0 Å². The number of hydrogen-bond donors (Lipinski definition) is 1. The van der Waals surface area contributed by atoms with E-state index in [0.29, 0.717) is 18.2 Å². The second kappa shape index (κ2) is 5.49. The van der Waals surface area contributed by atoms with Gasteiger partial charge >= 0.3 is 5.76 Å². The number of hydrogen-bond acceptors (Lipinski definition) is 4. The lowest BCUT2D eigenvalue weighted by Gasteiger charge is -2.47. The first-order chi connectivity index (χ1) is 11.0. The predicted octanol–water partition coefficient (Wildman–Crippen LogP) is 2.49. The molecule has 0 bridgehead atoms. The molecule has 1 aliphatic carbocycles. The average Bonchev–Trinajstić information content (AvgIpc) is 2.83. The van der Waals surface area contributed by atoms with Gasteiger partial charge in [-0.05, 0) is 43.9 Å². The summed E-state index contributed by atoms with van der Waals surface area (Å²) in [6.07, 6.45) is 5.17. The number of likely N-dealkylation sites (tertiary alicyclic amines) is 1. The molecule has 2 heterocycles. The van der Waals surface area contributed by atoms with Crippen LogP contribution in [0.15, 0.2) is 27.4 Å². The molecular weight excluding hydrogens is 292 g/mol. The van der Waals surface area contributed by atoms with Gasteiger partial charge in [0, 0.05) is 19.0 Å². The molecule has 1 saturated carbocycles. The Morgan fingerprint density at radius 3 is 3.09 bits per heavy atom. The van der Waals surface area contributed by atoms with E-state index in [1.54, 1.807) is 4.57 Å². The first-order valence-corrected chi connectivity index (χ1v) is 8.60. The van der Waals surface area contributed by atoms with E-state index in [1.165, 1.54) is 6.42 Å². The van der Waals surface area contributed by atoms with Crippen molar-refractivity contribution in [1.29, 1.82) is 0 Å². The molecule has 0 spiro atoms. The van der Waals surface area contributed by atoms with Crippen LogP contribution in [0.1, 0.15) is 37.7 Å². The van der Waals surface area contributed by atoms with Gasteiger partial charge in [0.15, 0.2) is 5.58 Å². The molecule has 0 radical (unpaired) electrons. The third kappa shape index (κ3) is 2.62. The fraction of sp³-hybridized carbons (Fsp3) is 0.611. The number of aliphatic hydroxyl groups is 1.